The van der Waals surface area contributed by atoms with Gasteiger partial charge in [-0.3, -0.25) is 9.36 Å². The Labute approximate surface area is 314 Å². The molecule has 1 aromatic heterocycles. The Hall–Kier alpha value is -3.70. The molecule has 3 aromatic carbocycles. The number of fused-ring (bicyclic) bond motifs is 1. The second-order valence-corrected chi connectivity index (χ2v) is 14.2. The number of thiazole rings is 1. The monoisotopic (exact) mass is 908 g/mol. The third-order valence-corrected chi connectivity index (χ3v) is 10.1. The molecule has 10 nitrogen and oxygen atoms in total. The fourth-order valence-electron chi connectivity index (χ4n) is 5.18. The van der Waals surface area contributed by atoms with Gasteiger partial charge in [0.15, 0.2) is 22.9 Å². The molecule has 0 N–H and O–H groups in total. The second-order valence-electron chi connectivity index (χ2n) is 10.9. The Balaban J connectivity index is 1.56. The number of ether oxygens (including phenoxy) is 5. The first kappa shape index (κ1) is 36.6. The van der Waals surface area contributed by atoms with Crippen LogP contribution in [0.2, 0.25) is 0 Å². The van der Waals surface area contributed by atoms with Crippen LogP contribution in [-0.2, 0) is 25.7 Å². The minimum absolute atomic E-state index is 0.152. The van der Waals surface area contributed by atoms with E-state index in [1.807, 2.05) is 25.1 Å². The summed E-state index contributed by atoms with van der Waals surface area (Å²) in [5, 5.41) is 0. The summed E-state index contributed by atoms with van der Waals surface area (Å²) in [6.45, 7) is 7.92. The Morgan fingerprint density at radius 1 is 0.939 bits per heavy atom. The molecule has 4 aromatic rings. The van der Waals surface area contributed by atoms with Gasteiger partial charge in [0.1, 0.15) is 12.4 Å². The van der Waals surface area contributed by atoms with E-state index in [4.69, 9.17) is 23.7 Å². The van der Waals surface area contributed by atoms with Gasteiger partial charge in [0.2, 0.25) is 0 Å². The van der Waals surface area contributed by atoms with Crippen LogP contribution in [0.4, 0.5) is 0 Å². The number of methoxy groups -OCH3 is 1. The molecule has 0 radical (unpaired) electrons. The normalized spacial score (nSPS) is 14.2. The molecule has 0 unspecified atom stereocenters. The summed E-state index contributed by atoms with van der Waals surface area (Å²) >= 11 is 5.74. The van der Waals surface area contributed by atoms with E-state index in [2.05, 4.69) is 81.4 Å². The number of rotatable bonds is 12. The predicted molar refractivity (Wildman–Crippen MR) is 203 cm³/mol. The van der Waals surface area contributed by atoms with E-state index in [-0.39, 0.29) is 24.3 Å². The van der Waals surface area contributed by atoms with Gasteiger partial charge in [0.05, 0.1) is 49.3 Å². The molecule has 1 atom stereocenters. The number of allylic oxidation sites excluding steroid dienone is 1. The smallest absolute Gasteiger partial charge is 0.343 e. The van der Waals surface area contributed by atoms with Crippen molar-refractivity contribution in [1.82, 2.24) is 4.57 Å². The average Bonchev–Trinajstić information content (AvgIpc) is 3.37. The summed E-state index contributed by atoms with van der Waals surface area (Å²) in [6.07, 6.45) is 1.83. The van der Waals surface area contributed by atoms with Crippen molar-refractivity contribution in [3.05, 3.63) is 115 Å². The van der Waals surface area contributed by atoms with Crippen molar-refractivity contribution in [2.75, 3.05) is 26.9 Å². The number of benzene rings is 3. The number of carbonyl (C=O) groups excluding carboxylic acids is 2. The van der Waals surface area contributed by atoms with E-state index in [9.17, 15) is 14.4 Å². The van der Waals surface area contributed by atoms with Crippen LogP contribution < -0.4 is 29.1 Å². The van der Waals surface area contributed by atoms with Crippen LogP contribution >= 0.6 is 56.5 Å². The molecule has 0 fully saturated rings. The molecule has 0 aliphatic carbocycles. The van der Waals surface area contributed by atoms with Gasteiger partial charge in [0.25, 0.3) is 5.56 Å². The molecule has 13 heteroatoms. The third-order valence-electron chi connectivity index (χ3n) is 7.50. The first-order valence-electron chi connectivity index (χ1n) is 15.4. The summed E-state index contributed by atoms with van der Waals surface area (Å²) in [4.78, 5) is 44.5. The number of hydrogen-bond acceptors (Lipinski definition) is 10. The summed E-state index contributed by atoms with van der Waals surface area (Å²) in [5.41, 5.74) is 4.05. The average molecular weight is 909 g/mol. The highest BCUT2D eigenvalue weighted by molar-refractivity contribution is 14.1. The van der Waals surface area contributed by atoms with E-state index in [0.717, 1.165) is 24.0 Å². The first-order valence-corrected chi connectivity index (χ1v) is 18.3. The maximum absolute atomic E-state index is 14.2. The number of hydrogen-bond donors (Lipinski definition) is 0. The van der Waals surface area contributed by atoms with Crippen molar-refractivity contribution >= 4 is 74.5 Å². The van der Waals surface area contributed by atoms with Gasteiger partial charge in [-0.05, 0) is 120 Å². The van der Waals surface area contributed by atoms with Gasteiger partial charge in [-0.1, -0.05) is 47.2 Å². The van der Waals surface area contributed by atoms with Crippen molar-refractivity contribution in [3.8, 4) is 17.2 Å². The quantitative estimate of drug-likeness (QED) is 0.129. The van der Waals surface area contributed by atoms with E-state index in [1.54, 1.807) is 32.0 Å². The standard InChI is InChI=1S/C36H34I2N2O8S/c1-6-45-28-17-24(12-13-27(28)47-19-30(41)44-5)32-31(35(43)46-7-2)21(4)39-36-40(32)34(42)29(49-36)16-23-14-25(37)33(26(38)15-23)48-18-22-10-8-20(3)9-11-22/h8-17,32H,6-7,18-19H2,1-5H3/b29-16-/t32-/m1/s1. The van der Waals surface area contributed by atoms with E-state index in [0.29, 0.717) is 45.3 Å². The zero-order valence-corrected chi connectivity index (χ0v) is 32.6. The lowest BCUT2D eigenvalue weighted by Gasteiger charge is -2.25. The molecule has 49 heavy (non-hydrogen) atoms. The number of aryl methyl sites for hydroxylation is 1. The first-order chi connectivity index (χ1) is 23.5. The molecule has 0 bridgehead atoms. The van der Waals surface area contributed by atoms with E-state index in [1.165, 1.54) is 28.6 Å². The number of aromatic nitrogens is 1. The van der Waals surface area contributed by atoms with Crippen LogP contribution in [0.1, 0.15) is 49.1 Å². The van der Waals surface area contributed by atoms with Gasteiger partial charge < -0.3 is 23.7 Å². The Kier molecular flexibility index (Phi) is 12.2. The maximum Gasteiger partial charge on any atom is 0.343 e. The molecule has 1 aliphatic rings. The Morgan fingerprint density at radius 2 is 1.65 bits per heavy atom. The lowest BCUT2D eigenvalue weighted by molar-refractivity contribution is -0.143. The van der Waals surface area contributed by atoms with Crippen LogP contribution in [0.15, 0.2) is 75.7 Å². The number of carbonyl (C=O) groups is 2. The molecule has 1 aliphatic heterocycles. The van der Waals surface area contributed by atoms with Crippen molar-refractivity contribution < 1.29 is 33.3 Å². The van der Waals surface area contributed by atoms with E-state index < -0.39 is 18.0 Å². The summed E-state index contributed by atoms with van der Waals surface area (Å²) in [5.74, 6) is 0.321. The topological polar surface area (TPSA) is 115 Å². The summed E-state index contributed by atoms with van der Waals surface area (Å²) in [6, 6.07) is 16.4. The minimum atomic E-state index is -0.857. The fraction of sp³-hybridized carbons (Fsp3) is 0.278. The highest BCUT2D eigenvalue weighted by Gasteiger charge is 2.34. The fourth-order valence-corrected chi connectivity index (χ4v) is 8.35. The zero-order chi connectivity index (χ0) is 35.2. The highest BCUT2D eigenvalue weighted by Crippen LogP contribution is 2.36. The number of esters is 2. The SMILES string of the molecule is CCOC(=O)C1=C(C)N=c2s/c(=C\c3cc(I)c(OCc4ccc(C)cc4)c(I)c3)c(=O)n2[C@@H]1c1ccc(OCC(=O)OC)c(OCC)c1. The van der Waals surface area contributed by atoms with Crippen molar-refractivity contribution in [1.29, 1.82) is 0 Å². The van der Waals surface area contributed by atoms with Gasteiger partial charge in [0, 0.05) is 0 Å². The third kappa shape index (κ3) is 8.37. The lowest BCUT2D eigenvalue weighted by atomic mass is 9.95. The van der Waals surface area contributed by atoms with Crippen molar-refractivity contribution in [2.45, 2.75) is 40.3 Å². The van der Waals surface area contributed by atoms with Crippen LogP contribution in [0, 0.1) is 14.1 Å². The molecular formula is C36H34I2N2O8S. The molecule has 5 rings (SSSR count). The van der Waals surface area contributed by atoms with Crippen LogP contribution in [-0.4, -0.2) is 43.4 Å². The summed E-state index contributed by atoms with van der Waals surface area (Å²) < 4.78 is 31.6. The van der Waals surface area contributed by atoms with Gasteiger partial charge in [-0.25, -0.2) is 14.6 Å². The van der Waals surface area contributed by atoms with Gasteiger partial charge in [-0.2, -0.15) is 0 Å². The largest absolute Gasteiger partial charge is 0.490 e. The maximum atomic E-state index is 14.2. The lowest BCUT2D eigenvalue weighted by Crippen LogP contribution is -2.40. The van der Waals surface area contributed by atoms with Crippen LogP contribution in [0.3, 0.4) is 0 Å². The number of halogens is 2. The zero-order valence-electron chi connectivity index (χ0n) is 27.5. The molecule has 0 amide bonds. The molecule has 0 saturated heterocycles. The van der Waals surface area contributed by atoms with Gasteiger partial charge >= 0.3 is 11.9 Å². The molecule has 256 valence electrons. The van der Waals surface area contributed by atoms with Gasteiger partial charge in [-0.15, -0.1) is 0 Å². The number of nitrogens with zero attached hydrogens (tertiary/aromatic N) is 2. The van der Waals surface area contributed by atoms with Crippen molar-refractivity contribution in [2.24, 2.45) is 4.99 Å². The Morgan fingerprint density at radius 3 is 2.31 bits per heavy atom. The minimum Gasteiger partial charge on any atom is -0.490 e. The molecule has 2 heterocycles. The Bertz CT molecular complexity index is 2080. The van der Waals surface area contributed by atoms with Crippen LogP contribution in [0.5, 0.6) is 17.2 Å². The van der Waals surface area contributed by atoms with Crippen molar-refractivity contribution in [3.63, 3.8) is 0 Å². The molecule has 0 saturated carbocycles. The summed E-state index contributed by atoms with van der Waals surface area (Å²) in [7, 11) is 1.28. The molecular weight excluding hydrogens is 874 g/mol. The van der Waals surface area contributed by atoms with E-state index >= 15 is 0 Å². The highest BCUT2D eigenvalue weighted by atomic mass is 127. The molecule has 0 spiro atoms. The second kappa shape index (κ2) is 16.3. The van der Waals surface area contributed by atoms with Crippen LogP contribution in [0.25, 0.3) is 6.08 Å². The predicted octanol–water partition coefficient (Wildman–Crippen LogP) is 5.85.